The monoisotopic (exact) mass is 491 g/mol. The summed E-state index contributed by atoms with van der Waals surface area (Å²) in [5, 5.41) is 4.34. The van der Waals surface area contributed by atoms with E-state index in [4.69, 9.17) is 18.9 Å². The first-order valence-electron chi connectivity index (χ1n) is 12.3. The topological polar surface area (TPSA) is 118 Å². The summed E-state index contributed by atoms with van der Waals surface area (Å²) >= 11 is 0. The molecular formula is C25H29N7O4. The Bertz CT molecular complexity index is 1170. The van der Waals surface area contributed by atoms with Gasteiger partial charge in [-0.1, -0.05) is 0 Å². The zero-order chi connectivity index (χ0) is 24.7. The molecule has 2 saturated heterocycles. The Morgan fingerprint density at radius 2 is 1.72 bits per heavy atom. The summed E-state index contributed by atoms with van der Waals surface area (Å²) in [6.45, 7) is 6.06. The normalized spacial score (nSPS) is 15.6. The molecule has 0 unspecified atom stereocenters. The lowest BCUT2D eigenvalue weighted by molar-refractivity contribution is 0.0695. The van der Waals surface area contributed by atoms with Crippen LogP contribution in [-0.4, -0.2) is 59.9 Å². The number of anilines is 3. The molecule has 0 aliphatic carbocycles. The number of ether oxygens (including phenoxy) is 2. The second-order valence-electron chi connectivity index (χ2n) is 8.52. The summed E-state index contributed by atoms with van der Waals surface area (Å²) in [6, 6.07) is 8.35. The van der Waals surface area contributed by atoms with Crippen molar-refractivity contribution in [1.29, 1.82) is 0 Å². The van der Waals surface area contributed by atoms with E-state index < -0.39 is 5.97 Å². The van der Waals surface area contributed by atoms with Crippen LogP contribution in [0.3, 0.4) is 0 Å². The molecular weight excluding hydrogens is 462 g/mol. The van der Waals surface area contributed by atoms with Gasteiger partial charge >= 0.3 is 5.97 Å². The first-order chi connectivity index (χ1) is 17.7. The molecule has 2 aromatic heterocycles. The number of esters is 1. The van der Waals surface area contributed by atoms with Crippen LogP contribution in [0.2, 0.25) is 0 Å². The molecule has 36 heavy (non-hydrogen) atoms. The van der Waals surface area contributed by atoms with E-state index in [0.717, 1.165) is 57.4 Å². The predicted octanol–water partition coefficient (Wildman–Crippen LogP) is 3.73. The fraction of sp³-hybridized carbons (Fsp3) is 0.400. The Balaban J connectivity index is 1.31. The second-order valence-corrected chi connectivity index (χ2v) is 8.52. The van der Waals surface area contributed by atoms with Crippen molar-refractivity contribution in [2.24, 2.45) is 5.10 Å². The van der Waals surface area contributed by atoms with Crippen molar-refractivity contribution in [2.45, 2.75) is 32.6 Å². The number of nitrogens with zero attached hydrogens (tertiary/aromatic N) is 6. The maximum atomic E-state index is 12.3. The van der Waals surface area contributed by atoms with Crippen LogP contribution in [0.1, 0.15) is 48.7 Å². The van der Waals surface area contributed by atoms with E-state index in [1.54, 1.807) is 36.5 Å². The molecule has 2 aliphatic heterocycles. The fourth-order valence-corrected chi connectivity index (χ4v) is 4.19. The highest BCUT2D eigenvalue weighted by molar-refractivity contribution is 5.89. The maximum absolute atomic E-state index is 12.3. The number of carbonyl (C=O) groups is 1. The fourth-order valence-electron chi connectivity index (χ4n) is 4.19. The summed E-state index contributed by atoms with van der Waals surface area (Å²) < 4.78 is 16.2. The van der Waals surface area contributed by atoms with Crippen LogP contribution in [0, 0.1) is 0 Å². The smallest absolute Gasteiger partial charge is 0.379 e. The number of furan rings is 1. The van der Waals surface area contributed by atoms with E-state index in [2.05, 4.69) is 30.3 Å². The van der Waals surface area contributed by atoms with E-state index >= 15 is 0 Å². The molecule has 0 amide bonds. The zero-order valence-corrected chi connectivity index (χ0v) is 20.2. The van der Waals surface area contributed by atoms with Crippen molar-refractivity contribution in [3.8, 4) is 11.5 Å². The van der Waals surface area contributed by atoms with E-state index in [-0.39, 0.29) is 5.76 Å². The van der Waals surface area contributed by atoms with Crippen LogP contribution in [0.4, 0.5) is 17.8 Å². The highest BCUT2D eigenvalue weighted by Gasteiger charge is 2.21. The number of rotatable bonds is 9. The minimum atomic E-state index is -0.596. The Morgan fingerprint density at radius 3 is 2.33 bits per heavy atom. The summed E-state index contributed by atoms with van der Waals surface area (Å²) in [5.41, 5.74) is 3.70. The average molecular weight is 492 g/mol. The van der Waals surface area contributed by atoms with Gasteiger partial charge in [-0.05, 0) is 68.5 Å². The maximum Gasteiger partial charge on any atom is 0.379 e. The standard InChI is InChI=1S/C25H29N7O4/c1-2-34-21-16-18(9-10-19(21)36-22(33)20-8-7-15-35-20)17-26-30-23-27-24(31-11-3-4-12-31)29-25(28-23)32-13-5-6-14-32/h7-10,15-17H,2-6,11-14H2,1H3,(H,27,28,29,30)/b26-17-. The van der Waals surface area contributed by atoms with Gasteiger partial charge in [-0.25, -0.2) is 10.2 Å². The lowest BCUT2D eigenvalue weighted by Crippen LogP contribution is -2.25. The van der Waals surface area contributed by atoms with Crippen LogP contribution >= 0.6 is 0 Å². The predicted molar refractivity (Wildman–Crippen MR) is 135 cm³/mol. The Hall–Kier alpha value is -4.15. The van der Waals surface area contributed by atoms with Crippen molar-refractivity contribution in [3.05, 3.63) is 47.9 Å². The SMILES string of the molecule is CCOc1cc(/C=N\Nc2nc(N3CCCC3)nc(N3CCCC3)n2)ccc1OC(=O)c1ccco1. The summed E-state index contributed by atoms with van der Waals surface area (Å²) in [5.74, 6) is 2.01. The number of hydrogen-bond acceptors (Lipinski definition) is 11. The van der Waals surface area contributed by atoms with Gasteiger partial charge in [-0.3, -0.25) is 0 Å². The van der Waals surface area contributed by atoms with Gasteiger partial charge in [-0.2, -0.15) is 20.1 Å². The third-order valence-corrected chi connectivity index (χ3v) is 5.96. The minimum absolute atomic E-state index is 0.117. The third-order valence-electron chi connectivity index (χ3n) is 5.96. The molecule has 0 bridgehead atoms. The highest BCUT2D eigenvalue weighted by Crippen LogP contribution is 2.29. The summed E-state index contributed by atoms with van der Waals surface area (Å²) in [4.78, 5) is 30.5. The zero-order valence-electron chi connectivity index (χ0n) is 20.2. The largest absolute Gasteiger partial charge is 0.490 e. The molecule has 2 aliphatic rings. The van der Waals surface area contributed by atoms with Gasteiger partial charge < -0.3 is 23.7 Å². The van der Waals surface area contributed by atoms with E-state index in [1.165, 1.54) is 6.26 Å². The quantitative estimate of drug-likeness (QED) is 0.205. The van der Waals surface area contributed by atoms with E-state index in [0.29, 0.717) is 36.0 Å². The van der Waals surface area contributed by atoms with Crippen LogP contribution < -0.4 is 24.7 Å². The minimum Gasteiger partial charge on any atom is -0.490 e. The first-order valence-corrected chi connectivity index (χ1v) is 12.3. The molecule has 4 heterocycles. The van der Waals surface area contributed by atoms with Crippen molar-refractivity contribution in [2.75, 3.05) is 48.0 Å². The lowest BCUT2D eigenvalue weighted by atomic mass is 10.2. The average Bonchev–Trinajstić information content (AvgIpc) is 3.69. The van der Waals surface area contributed by atoms with Gasteiger partial charge in [0.05, 0.1) is 19.1 Å². The number of hydrogen-bond donors (Lipinski definition) is 1. The molecule has 11 heteroatoms. The number of carbonyl (C=O) groups excluding carboxylic acids is 1. The van der Waals surface area contributed by atoms with E-state index in [9.17, 15) is 4.79 Å². The van der Waals surface area contributed by atoms with Crippen LogP contribution in [0.15, 0.2) is 46.1 Å². The first kappa shape index (κ1) is 23.6. The lowest BCUT2D eigenvalue weighted by Gasteiger charge is -2.20. The molecule has 1 N–H and O–H groups in total. The second kappa shape index (κ2) is 11.1. The Morgan fingerprint density at radius 1 is 1.03 bits per heavy atom. The van der Waals surface area contributed by atoms with Gasteiger partial charge in [0, 0.05) is 26.2 Å². The summed E-state index contributed by atoms with van der Waals surface area (Å²) in [7, 11) is 0. The van der Waals surface area contributed by atoms with Crippen molar-refractivity contribution in [3.63, 3.8) is 0 Å². The number of nitrogens with one attached hydrogen (secondary N) is 1. The van der Waals surface area contributed by atoms with E-state index in [1.807, 2.05) is 6.92 Å². The van der Waals surface area contributed by atoms with Gasteiger partial charge in [0.15, 0.2) is 11.5 Å². The van der Waals surface area contributed by atoms with Gasteiger partial charge in [0.1, 0.15) is 0 Å². The Labute approximate surface area is 209 Å². The third kappa shape index (κ3) is 5.56. The van der Waals surface area contributed by atoms with Gasteiger partial charge in [-0.15, -0.1) is 0 Å². The molecule has 0 atom stereocenters. The molecule has 3 aromatic rings. The molecule has 0 radical (unpaired) electrons. The van der Waals surface area contributed by atoms with Gasteiger partial charge in [0.25, 0.3) is 0 Å². The number of hydrazone groups is 1. The molecule has 0 spiro atoms. The molecule has 0 saturated carbocycles. The Kier molecular flexibility index (Phi) is 7.25. The van der Waals surface area contributed by atoms with Crippen molar-refractivity contribution in [1.82, 2.24) is 15.0 Å². The number of aromatic nitrogens is 3. The summed E-state index contributed by atoms with van der Waals surface area (Å²) in [6.07, 6.45) is 7.61. The highest BCUT2D eigenvalue weighted by atomic mass is 16.6. The molecule has 1 aromatic carbocycles. The van der Waals surface area contributed by atoms with Crippen LogP contribution in [-0.2, 0) is 0 Å². The van der Waals surface area contributed by atoms with Crippen molar-refractivity contribution >= 4 is 30.0 Å². The molecule has 11 nitrogen and oxygen atoms in total. The molecule has 5 rings (SSSR count). The van der Waals surface area contributed by atoms with Crippen LogP contribution in [0.25, 0.3) is 0 Å². The molecule has 2 fully saturated rings. The number of benzene rings is 1. The van der Waals surface area contributed by atoms with Crippen molar-refractivity contribution < 1.29 is 18.7 Å². The molecule has 188 valence electrons. The van der Waals surface area contributed by atoms with Gasteiger partial charge in [0.2, 0.25) is 23.6 Å². The van der Waals surface area contributed by atoms with Crippen LogP contribution in [0.5, 0.6) is 11.5 Å².